The predicted octanol–water partition coefficient (Wildman–Crippen LogP) is 3.78. The summed E-state index contributed by atoms with van der Waals surface area (Å²) in [5, 5.41) is 0.556. The molecule has 3 rings (SSSR count). The van der Waals surface area contributed by atoms with Crippen molar-refractivity contribution in [2.24, 2.45) is 7.05 Å². The van der Waals surface area contributed by atoms with Crippen LogP contribution in [-0.4, -0.2) is 9.55 Å². The summed E-state index contributed by atoms with van der Waals surface area (Å²) >= 11 is 6.08. The van der Waals surface area contributed by atoms with E-state index in [-0.39, 0.29) is 0 Å². The van der Waals surface area contributed by atoms with E-state index in [0.29, 0.717) is 10.7 Å². The molecule has 0 saturated heterocycles. The van der Waals surface area contributed by atoms with E-state index in [1.54, 1.807) is 6.07 Å². The second kappa shape index (κ2) is 4.28. The summed E-state index contributed by atoms with van der Waals surface area (Å²) in [6.07, 6.45) is 0. The molecule has 0 fully saturated rings. The number of hydrogen-bond acceptors (Lipinski definition) is 2. The molecular weight excluding hydrogens is 258 g/mol. The number of hydrogen-bond donors (Lipinski definition) is 1. The molecule has 0 spiro atoms. The Hall–Kier alpha value is -2.00. The van der Waals surface area contributed by atoms with Gasteiger partial charge in [0.05, 0.1) is 21.7 Å². The number of aromatic nitrogens is 2. The van der Waals surface area contributed by atoms with Gasteiger partial charge in [-0.15, -0.1) is 0 Å². The second-order valence-corrected chi connectivity index (χ2v) is 5.09. The number of para-hydroxylation sites is 1. The molecule has 0 bridgehead atoms. The van der Waals surface area contributed by atoms with Gasteiger partial charge in [0, 0.05) is 12.6 Å². The molecule has 1 aromatic heterocycles. The average molecular weight is 272 g/mol. The van der Waals surface area contributed by atoms with Crippen LogP contribution in [0.25, 0.3) is 22.4 Å². The van der Waals surface area contributed by atoms with Crippen molar-refractivity contribution in [1.29, 1.82) is 0 Å². The lowest BCUT2D eigenvalue weighted by atomic mass is 10.1. The van der Waals surface area contributed by atoms with Gasteiger partial charge >= 0.3 is 0 Å². The minimum atomic E-state index is 0.556. The van der Waals surface area contributed by atoms with Crippen LogP contribution in [-0.2, 0) is 7.05 Å². The molecule has 0 saturated carbocycles. The number of fused-ring (bicyclic) bond motifs is 1. The molecule has 3 aromatic rings. The van der Waals surface area contributed by atoms with E-state index in [1.165, 1.54) is 5.56 Å². The Morgan fingerprint density at radius 1 is 1.21 bits per heavy atom. The first kappa shape index (κ1) is 12.1. The highest BCUT2D eigenvalue weighted by atomic mass is 35.5. The van der Waals surface area contributed by atoms with Crippen molar-refractivity contribution in [3.8, 4) is 11.4 Å². The quantitative estimate of drug-likeness (QED) is 0.685. The number of nitrogens with zero attached hydrogens (tertiary/aromatic N) is 2. The first-order valence-corrected chi connectivity index (χ1v) is 6.43. The molecule has 0 unspecified atom stereocenters. The van der Waals surface area contributed by atoms with Crippen LogP contribution in [0, 0.1) is 6.92 Å². The van der Waals surface area contributed by atoms with Gasteiger partial charge in [0.15, 0.2) is 0 Å². The normalized spacial score (nSPS) is 11.1. The monoisotopic (exact) mass is 271 g/mol. The molecule has 0 atom stereocenters. The number of nitrogen functional groups attached to an aromatic ring is 1. The minimum Gasteiger partial charge on any atom is -0.397 e. The number of imidazole rings is 1. The third-order valence-corrected chi connectivity index (χ3v) is 3.66. The molecule has 19 heavy (non-hydrogen) atoms. The van der Waals surface area contributed by atoms with Gasteiger partial charge in [0.2, 0.25) is 0 Å². The highest BCUT2D eigenvalue weighted by Gasteiger charge is 2.13. The van der Waals surface area contributed by atoms with Crippen LogP contribution in [0.2, 0.25) is 5.02 Å². The van der Waals surface area contributed by atoms with Crippen molar-refractivity contribution in [2.45, 2.75) is 6.92 Å². The Morgan fingerprint density at radius 2 is 2.00 bits per heavy atom. The molecule has 0 aliphatic rings. The number of aryl methyl sites for hydroxylation is 2. The number of nitrogens with two attached hydrogens (primary N) is 1. The van der Waals surface area contributed by atoms with E-state index in [4.69, 9.17) is 17.3 Å². The molecule has 3 nitrogen and oxygen atoms in total. The number of rotatable bonds is 1. The van der Waals surface area contributed by atoms with Crippen molar-refractivity contribution in [2.75, 3.05) is 5.73 Å². The average Bonchev–Trinajstić information content (AvgIpc) is 2.69. The summed E-state index contributed by atoms with van der Waals surface area (Å²) in [7, 11) is 1.99. The molecular formula is C15H14ClN3. The van der Waals surface area contributed by atoms with Crippen molar-refractivity contribution < 1.29 is 0 Å². The minimum absolute atomic E-state index is 0.556. The van der Waals surface area contributed by atoms with Crippen LogP contribution in [0.4, 0.5) is 5.69 Å². The fourth-order valence-corrected chi connectivity index (χ4v) is 2.46. The first-order valence-electron chi connectivity index (χ1n) is 6.05. The highest BCUT2D eigenvalue weighted by Crippen LogP contribution is 2.32. The second-order valence-electron chi connectivity index (χ2n) is 4.69. The molecule has 0 aliphatic heterocycles. The SMILES string of the molecule is Cc1ccc2c(c1)nc(-c1cccc(Cl)c1N)n2C. The Bertz CT molecular complexity index is 774. The van der Waals surface area contributed by atoms with E-state index in [9.17, 15) is 0 Å². The zero-order chi connectivity index (χ0) is 13.6. The predicted molar refractivity (Wildman–Crippen MR) is 80.3 cm³/mol. The van der Waals surface area contributed by atoms with Crippen LogP contribution < -0.4 is 5.73 Å². The molecule has 2 aromatic carbocycles. The third kappa shape index (κ3) is 1.87. The summed E-state index contributed by atoms with van der Waals surface area (Å²) < 4.78 is 2.04. The largest absolute Gasteiger partial charge is 0.397 e. The number of benzene rings is 2. The summed E-state index contributed by atoms with van der Waals surface area (Å²) in [5.41, 5.74) is 10.7. The Labute approximate surface area is 116 Å². The van der Waals surface area contributed by atoms with Gasteiger partial charge in [0.25, 0.3) is 0 Å². The first-order chi connectivity index (χ1) is 9.08. The third-order valence-electron chi connectivity index (χ3n) is 3.33. The Kier molecular flexibility index (Phi) is 2.72. The topological polar surface area (TPSA) is 43.8 Å². The summed E-state index contributed by atoms with van der Waals surface area (Å²) in [6.45, 7) is 2.06. The lowest BCUT2D eigenvalue weighted by Crippen LogP contribution is -1.97. The fourth-order valence-electron chi connectivity index (χ4n) is 2.28. The number of halogens is 1. The van der Waals surface area contributed by atoms with Gasteiger partial charge in [-0.3, -0.25) is 0 Å². The van der Waals surface area contributed by atoms with Gasteiger partial charge < -0.3 is 10.3 Å². The van der Waals surface area contributed by atoms with E-state index in [1.807, 2.05) is 23.7 Å². The maximum atomic E-state index is 6.08. The fraction of sp³-hybridized carbons (Fsp3) is 0.133. The van der Waals surface area contributed by atoms with Crippen molar-refractivity contribution in [3.05, 3.63) is 47.0 Å². The Morgan fingerprint density at radius 3 is 2.79 bits per heavy atom. The molecule has 1 heterocycles. The van der Waals surface area contributed by atoms with Crippen LogP contribution >= 0.6 is 11.6 Å². The van der Waals surface area contributed by atoms with Crippen molar-refractivity contribution in [1.82, 2.24) is 9.55 Å². The standard InChI is InChI=1S/C15H14ClN3/c1-9-6-7-13-12(8-9)18-15(19(13)2)10-4-3-5-11(16)14(10)17/h3-8H,17H2,1-2H3. The van der Waals surface area contributed by atoms with Gasteiger partial charge in [-0.2, -0.15) is 0 Å². The van der Waals surface area contributed by atoms with Crippen LogP contribution in [0.5, 0.6) is 0 Å². The zero-order valence-electron chi connectivity index (χ0n) is 10.8. The molecule has 0 aliphatic carbocycles. The van der Waals surface area contributed by atoms with Gasteiger partial charge in [-0.25, -0.2) is 4.98 Å². The van der Waals surface area contributed by atoms with E-state index in [0.717, 1.165) is 22.4 Å². The molecule has 2 N–H and O–H groups in total. The zero-order valence-corrected chi connectivity index (χ0v) is 11.6. The Balaban J connectivity index is 2.31. The van der Waals surface area contributed by atoms with Crippen LogP contribution in [0.15, 0.2) is 36.4 Å². The highest BCUT2D eigenvalue weighted by molar-refractivity contribution is 6.33. The van der Waals surface area contributed by atoms with Crippen molar-refractivity contribution >= 4 is 28.3 Å². The van der Waals surface area contributed by atoms with Crippen LogP contribution in [0.3, 0.4) is 0 Å². The van der Waals surface area contributed by atoms with Gasteiger partial charge in [0.1, 0.15) is 5.82 Å². The lowest BCUT2D eigenvalue weighted by molar-refractivity contribution is 0.960. The molecule has 0 radical (unpaired) electrons. The molecule has 0 amide bonds. The van der Waals surface area contributed by atoms with E-state index < -0.39 is 0 Å². The van der Waals surface area contributed by atoms with Gasteiger partial charge in [-0.05, 0) is 36.8 Å². The molecule has 96 valence electrons. The summed E-state index contributed by atoms with van der Waals surface area (Å²) in [5.74, 6) is 0.834. The summed E-state index contributed by atoms with van der Waals surface area (Å²) in [6, 6.07) is 11.8. The number of anilines is 1. The molecule has 4 heteroatoms. The summed E-state index contributed by atoms with van der Waals surface area (Å²) in [4.78, 5) is 4.67. The van der Waals surface area contributed by atoms with E-state index >= 15 is 0 Å². The van der Waals surface area contributed by atoms with Crippen LogP contribution in [0.1, 0.15) is 5.56 Å². The van der Waals surface area contributed by atoms with Gasteiger partial charge in [-0.1, -0.05) is 23.7 Å². The van der Waals surface area contributed by atoms with E-state index in [2.05, 4.69) is 30.1 Å². The lowest BCUT2D eigenvalue weighted by Gasteiger charge is -2.07. The maximum Gasteiger partial charge on any atom is 0.143 e. The van der Waals surface area contributed by atoms with Crippen molar-refractivity contribution in [3.63, 3.8) is 0 Å². The smallest absolute Gasteiger partial charge is 0.143 e. The maximum absolute atomic E-state index is 6.08.